The minimum absolute atomic E-state index is 0.222. The summed E-state index contributed by atoms with van der Waals surface area (Å²) in [5.41, 5.74) is 17.5. The molecule has 142 valence electrons. The highest BCUT2D eigenvalue weighted by Gasteiger charge is 2.18. The Morgan fingerprint density at radius 3 is 1.08 bits per heavy atom. The van der Waals surface area contributed by atoms with Gasteiger partial charge in [0.15, 0.2) is 0 Å². The fourth-order valence-corrected chi connectivity index (χ4v) is 3.41. The standard InChI is InChI=1S/C22H34N4/c1-5-25(6-2)19-13-9-17(10-14-19)21(23)22(24)18-11-15-20(16-12-18)26(7-3)8-4/h9-16,21-22H,5-8,23-24H2,1-4H3/t21-,22-/m1/s1. The lowest BCUT2D eigenvalue weighted by molar-refractivity contribution is 0.574. The maximum absolute atomic E-state index is 6.46. The fourth-order valence-electron chi connectivity index (χ4n) is 3.41. The average Bonchev–Trinajstić information content (AvgIpc) is 2.70. The largest absolute Gasteiger partial charge is 0.372 e. The van der Waals surface area contributed by atoms with E-state index in [1.165, 1.54) is 11.4 Å². The molecule has 0 saturated carbocycles. The molecule has 26 heavy (non-hydrogen) atoms. The number of hydrogen-bond donors (Lipinski definition) is 2. The predicted octanol–water partition coefficient (Wildman–Crippen LogP) is 4.08. The topological polar surface area (TPSA) is 58.5 Å². The molecule has 4 nitrogen and oxygen atoms in total. The van der Waals surface area contributed by atoms with Crippen molar-refractivity contribution in [2.75, 3.05) is 36.0 Å². The molecule has 2 aromatic carbocycles. The zero-order valence-electron chi connectivity index (χ0n) is 16.7. The average molecular weight is 355 g/mol. The monoisotopic (exact) mass is 354 g/mol. The molecule has 0 aromatic heterocycles. The maximum atomic E-state index is 6.46. The van der Waals surface area contributed by atoms with E-state index in [1.807, 2.05) is 0 Å². The van der Waals surface area contributed by atoms with Crippen LogP contribution >= 0.6 is 0 Å². The second-order valence-electron chi connectivity index (χ2n) is 6.58. The summed E-state index contributed by atoms with van der Waals surface area (Å²) in [5, 5.41) is 0. The van der Waals surface area contributed by atoms with Gasteiger partial charge in [0.1, 0.15) is 0 Å². The Morgan fingerprint density at radius 1 is 0.577 bits per heavy atom. The summed E-state index contributed by atoms with van der Waals surface area (Å²) in [5.74, 6) is 0. The second-order valence-corrected chi connectivity index (χ2v) is 6.58. The fraction of sp³-hybridized carbons (Fsp3) is 0.455. The van der Waals surface area contributed by atoms with Crippen molar-refractivity contribution in [1.82, 2.24) is 0 Å². The highest BCUT2D eigenvalue weighted by Crippen LogP contribution is 2.28. The van der Waals surface area contributed by atoms with Gasteiger partial charge in [-0.3, -0.25) is 0 Å². The van der Waals surface area contributed by atoms with Gasteiger partial charge in [-0.15, -0.1) is 0 Å². The molecule has 2 aromatic rings. The van der Waals surface area contributed by atoms with E-state index in [1.54, 1.807) is 0 Å². The summed E-state index contributed by atoms with van der Waals surface area (Å²) >= 11 is 0. The van der Waals surface area contributed by atoms with Gasteiger partial charge in [-0.1, -0.05) is 24.3 Å². The molecule has 0 aliphatic carbocycles. The first kappa shape index (κ1) is 20.3. The summed E-state index contributed by atoms with van der Waals surface area (Å²) in [6.45, 7) is 12.7. The third kappa shape index (κ3) is 4.57. The minimum Gasteiger partial charge on any atom is -0.372 e. The first-order valence-electron chi connectivity index (χ1n) is 9.76. The summed E-state index contributed by atoms with van der Waals surface area (Å²) in [6, 6.07) is 16.5. The third-order valence-corrected chi connectivity index (χ3v) is 5.20. The van der Waals surface area contributed by atoms with Gasteiger partial charge < -0.3 is 21.3 Å². The predicted molar refractivity (Wildman–Crippen MR) is 114 cm³/mol. The summed E-state index contributed by atoms with van der Waals surface area (Å²) < 4.78 is 0. The normalized spacial score (nSPS) is 13.3. The van der Waals surface area contributed by atoms with Crippen LogP contribution in [0.5, 0.6) is 0 Å². The molecular formula is C22H34N4. The number of benzene rings is 2. The maximum Gasteiger partial charge on any atom is 0.0491 e. The highest BCUT2D eigenvalue weighted by molar-refractivity contribution is 5.49. The van der Waals surface area contributed by atoms with Crippen LogP contribution in [0.1, 0.15) is 50.9 Å². The Kier molecular flexibility index (Phi) is 7.49. The van der Waals surface area contributed by atoms with Crippen molar-refractivity contribution in [3.63, 3.8) is 0 Å². The molecule has 2 rings (SSSR count). The molecule has 0 amide bonds. The number of hydrogen-bond acceptors (Lipinski definition) is 4. The number of nitrogens with two attached hydrogens (primary N) is 2. The first-order chi connectivity index (χ1) is 12.5. The van der Waals surface area contributed by atoms with Crippen LogP contribution in [-0.4, -0.2) is 26.2 Å². The number of nitrogens with zero attached hydrogens (tertiary/aromatic N) is 2. The minimum atomic E-state index is -0.222. The number of anilines is 2. The Bertz CT molecular complexity index is 583. The van der Waals surface area contributed by atoms with Crippen LogP contribution in [0.3, 0.4) is 0 Å². The molecule has 2 atom stereocenters. The van der Waals surface area contributed by atoms with E-state index in [4.69, 9.17) is 11.5 Å². The van der Waals surface area contributed by atoms with E-state index in [2.05, 4.69) is 86.0 Å². The van der Waals surface area contributed by atoms with Crippen LogP contribution in [0.2, 0.25) is 0 Å². The molecule has 0 unspecified atom stereocenters. The van der Waals surface area contributed by atoms with Crippen molar-refractivity contribution in [2.45, 2.75) is 39.8 Å². The molecule has 0 saturated heterocycles. The summed E-state index contributed by atoms with van der Waals surface area (Å²) in [7, 11) is 0. The van der Waals surface area contributed by atoms with Crippen molar-refractivity contribution in [3.05, 3.63) is 59.7 Å². The lowest BCUT2D eigenvalue weighted by atomic mass is 9.94. The zero-order chi connectivity index (χ0) is 19.1. The highest BCUT2D eigenvalue weighted by atomic mass is 15.1. The van der Waals surface area contributed by atoms with E-state index in [0.717, 1.165) is 37.3 Å². The van der Waals surface area contributed by atoms with Gasteiger partial charge in [0.05, 0.1) is 0 Å². The van der Waals surface area contributed by atoms with Crippen LogP contribution in [0.15, 0.2) is 48.5 Å². The molecule has 0 bridgehead atoms. The SMILES string of the molecule is CCN(CC)c1ccc([C@@H](N)[C@H](N)c2ccc(N(CC)CC)cc2)cc1. The van der Waals surface area contributed by atoms with Gasteiger partial charge in [0, 0.05) is 49.6 Å². The Balaban J connectivity index is 2.12. The van der Waals surface area contributed by atoms with Crippen LogP contribution in [0.25, 0.3) is 0 Å². The van der Waals surface area contributed by atoms with Crippen molar-refractivity contribution in [2.24, 2.45) is 11.5 Å². The molecule has 4 N–H and O–H groups in total. The van der Waals surface area contributed by atoms with Gasteiger partial charge in [-0.2, -0.15) is 0 Å². The smallest absolute Gasteiger partial charge is 0.0491 e. The molecule has 0 radical (unpaired) electrons. The number of rotatable bonds is 9. The molecule has 0 aliphatic heterocycles. The van der Waals surface area contributed by atoms with Gasteiger partial charge in [0.25, 0.3) is 0 Å². The summed E-state index contributed by atoms with van der Waals surface area (Å²) in [6.07, 6.45) is 0. The first-order valence-corrected chi connectivity index (χ1v) is 9.76. The zero-order valence-corrected chi connectivity index (χ0v) is 16.7. The van der Waals surface area contributed by atoms with Crippen molar-refractivity contribution < 1.29 is 0 Å². The van der Waals surface area contributed by atoms with E-state index >= 15 is 0 Å². The third-order valence-electron chi connectivity index (χ3n) is 5.20. The molecule has 0 fully saturated rings. The van der Waals surface area contributed by atoms with Crippen LogP contribution in [-0.2, 0) is 0 Å². The molecule has 0 spiro atoms. The molecule has 0 aliphatic rings. The van der Waals surface area contributed by atoms with Gasteiger partial charge in [-0.05, 0) is 63.1 Å². The van der Waals surface area contributed by atoms with Gasteiger partial charge >= 0.3 is 0 Å². The summed E-state index contributed by atoms with van der Waals surface area (Å²) in [4.78, 5) is 4.64. The lowest BCUT2D eigenvalue weighted by Crippen LogP contribution is -2.27. The van der Waals surface area contributed by atoms with Gasteiger partial charge in [-0.25, -0.2) is 0 Å². The van der Waals surface area contributed by atoms with E-state index in [0.29, 0.717) is 0 Å². The molecular weight excluding hydrogens is 320 g/mol. The van der Waals surface area contributed by atoms with Crippen molar-refractivity contribution in [1.29, 1.82) is 0 Å². The van der Waals surface area contributed by atoms with Gasteiger partial charge in [0.2, 0.25) is 0 Å². The quantitative estimate of drug-likeness (QED) is 0.712. The Morgan fingerprint density at radius 2 is 0.846 bits per heavy atom. The van der Waals surface area contributed by atoms with Crippen LogP contribution < -0.4 is 21.3 Å². The van der Waals surface area contributed by atoms with Crippen LogP contribution in [0.4, 0.5) is 11.4 Å². The Hall–Kier alpha value is -2.04. The van der Waals surface area contributed by atoms with E-state index < -0.39 is 0 Å². The van der Waals surface area contributed by atoms with Crippen molar-refractivity contribution in [3.8, 4) is 0 Å². The van der Waals surface area contributed by atoms with Crippen LogP contribution in [0, 0.1) is 0 Å². The molecule has 0 heterocycles. The molecule has 4 heteroatoms. The Labute approximate surface area is 158 Å². The lowest BCUT2D eigenvalue weighted by Gasteiger charge is -2.25. The van der Waals surface area contributed by atoms with E-state index in [9.17, 15) is 0 Å². The second kappa shape index (κ2) is 9.60. The van der Waals surface area contributed by atoms with Crippen molar-refractivity contribution >= 4 is 11.4 Å². The van der Waals surface area contributed by atoms with E-state index in [-0.39, 0.29) is 12.1 Å².